The fraction of sp³-hybridized carbons (Fsp3) is 0.600. The second-order valence-electron chi connectivity index (χ2n) is 4.09. The van der Waals surface area contributed by atoms with Crippen LogP contribution < -0.4 is 0 Å². The molecule has 0 saturated carbocycles. The molecule has 0 aromatic carbocycles. The van der Waals surface area contributed by atoms with Gasteiger partial charge in [0.05, 0.1) is 13.7 Å². The van der Waals surface area contributed by atoms with Crippen LogP contribution in [0.4, 0.5) is 26.3 Å². The Balaban J connectivity index is 5.71. The molecule has 0 N–H and O–H groups in total. The van der Waals surface area contributed by atoms with Gasteiger partial charge in [-0.1, -0.05) is 6.58 Å². The highest BCUT2D eigenvalue weighted by Crippen LogP contribution is 2.38. The van der Waals surface area contributed by atoms with Gasteiger partial charge in [0.1, 0.15) is 0 Å². The zero-order valence-electron chi connectivity index (χ0n) is 12.1. The molecule has 0 fully saturated rings. The Morgan fingerprint density at radius 1 is 1.16 bits per heavy atom. The number of methoxy groups -OCH3 is 1. The van der Waals surface area contributed by atoms with Crippen LogP contribution in [0.2, 0.25) is 0 Å². The minimum Gasteiger partial charge on any atom is -0.743 e. The molecule has 0 saturated heterocycles. The van der Waals surface area contributed by atoms with Crippen molar-refractivity contribution in [2.75, 3.05) is 13.7 Å². The van der Waals surface area contributed by atoms with E-state index in [-0.39, 0.29) is 0 Å². The molecule has 0 spiro atoms. The van der Waals surface area contributed by atoms with Gasteiger partial charge in [0.15, 0.2) is 10.1 Å². The molecule has 0 aliphatic heterocycles. The molecule has 8 nitrogen and oxygen atoms in total. The fourth-order valence-electron chi connectivity index (χ4n) is 1.14. The lowest BCUT2D eigenvalue weighted by atomic mass is 10.2. The molecule has 25 heavy (non-hydrogen) atoms. The number of ether oxygens (including phenoxy) is 3. The molecule has 0 amide bonds. The second kappa shape index (κ2) is 7.57. The molecule has 15 heteroatoms. The minimum absolute atomic E-state index is 0.362. The maximum atomic E-state index is 13.1. The molecule has 0 aromatic rings. The number of carbonyl (C=O) groups is 2. The Bertz CT molecular complexity index is 642. The van der Waals surface area contributed by atoms with Crippen molar-refractivity contribution >= 4 is 22.1 Å². The summed E-state index contributed by atoms with van der Waals surface area (Å²) in [6, 6.07) is 0. The Kier molecular flexibility index (Phi) is 7.00. The highest BCUT2D eigenvalue weighted by molar-refractivity contribution is 7.86. The van der Waals surface area contributed by atoms with Crippen LogP contribution in [0.5, 0.6) is 0 Å². The summed E-state index contributed by atoms with van der Waals surface area (Å²) in [5.74, 6) is -11.7. The average molecular weight is 403 g/mol. The molecule has 0 radical (unpaired) electrons. The summed E-state index contributed by atoms with van der Waals surface area (Å²) in [6.45, 7) is 0.380. The number of esters is 2. The van der Waals surface area contributed by atoms with Crippen molar-refractivity contribution in [2.24, 2.45) is 0 Å². The largest absolute Gasteiger partial charge is 0.743 e. The van der Waals surface area contributed by atoms with Crippen LogP contribution in [0.15, 0.2) is 12.4 Å². The van der Waals surface area contributed by atoms with Crippen molar-refractivity contribution in [3.05, 3.63) is 12.4 Å². The third-order valence-corrected chi connectivity index (χ3v) is 3.29. The van der Waals surface area contributed by atoms with E-state index >= 15 is 0 Å². The first kappa shape index (κ1) is 23.1. The van der Waals surface area contributed by atoms with E-state index in [0.29, 0.717) is 7.11 Å². The molecule has 0 aliphatic rings. The third-order valence-electron chi connectivity index (χ3n) is 2.35. The van der Waals surface area contributed by atoms with Crippen molar-refractivity contribution in [1.82, 2.24) is 0 Å². The van der Waals surface area contributed by atoms with Gasteiger partial charge >= 0.3 is 29.2 Å². The van der Waals surface area contributed by atoms with E-state index in [2.05, 4.69) is 20.8 Å². The molecular weight excluding hydrogens is 394 g/mol. The fourth-order valence-corrected chi connectivity index (χ4v) is 1.48. The van der Waals surface area contributed by atoms with Gasteiger partial charge < -0.3 is 18.8 Å². The van der Waals surface area contributed by atoms with Gasteiger partial charge in [-0.2, -0.15) is 26.3 Å². The number of carbonyl (C=O) groups excluding carboxylic acids is 2. The third kappa shape index (κ3) is 5.30. The van der Waals surface area contributed by atoms with Gasteiger partial charge in [-0.15, -0.1) is 0 Å². The van der Waals surface area contributed by atoms with Crippen molar-refractivity contribution in [2.45, 2.75) is 23.6 Å². The van der Waals surface area contributed by atoms with E-state index in [0.717, 1.165) is 0 Å². The first-order valence-corrected chi connectivity index (χ1v) is 7.13. The minimum atomic E-state index is -6.26. The van der Waals surface area contributed by atoms with Gasteiger partial charge in [0.25, 0.3) is 0 Å². The van der Waals surface area contributed by atoms with Crippen molar-refractivity contribution in [3.8, 4) is 0 Å². The van der Waals surface area contributed by atoms with Gasteiger partial charge in [-0.25, -0.2) is 18.0 Å². The van der Waals surface area contributed by atoms with E-state index < -0.39 is 58.1 Å². The molecule has 1 unspecified atom stereocenters. The van der Waals surface area contributed by atoms with Crippen LogP contribution in [0.25, 0.3) is 0 Å². The Hall–Kier alpha value is -1.87. The van der Waals surface area contributed by atoms with Crippen LogP contribution in [0.1, 0.15) is 6.42 Å². The summed E-state index contributed by atoms with van der Waals surface area (Å²) < 4.78 is 119. The van der Waals surface area contributed by atoms with Crippen LogP contribution in [0.3, 0.4) is 0 Å². The predicted octanol–water partition coefficient (Wildman–Crippen LogP) is 0.989. The lowest BCUT2D eigenvalue weighted by Gasteiger charge is -2.32. The van der Waals surface area contributed by atoms with Gasteiger partial charge in [-0.05, 0) is 0 Å². The quantitative estimate of drug-likeness (QED) is 0.194. The zero-order chi connectivity index (χ0) is 20.3. The van der Waals surface area contributed by atoms with E-state index in [1.165, 1.54) is 0 Å². The average Bonchev–Trinajstić information content (AvgIpc) is 2.42. The van der Waals surface area contributed by atoms with Crippen molar-refractivity contribution in [3.63, 3.8) is 0 Å². The van der Waals surface area contributed by atoms with Crippen LogP contribution in [0, 0.1) is 0 Å². The van der Waals surface area contributed by atoms with Gasteiger partial charge in [0, 0.05) is 6.42 Å². The Labute approximate surface area is 136 Å². The zero-order valence-corrected chi connectivity index (χ0v) is 12.9. The summed E-state index contributed by atoms with van der Waals surface area (Å²) in [4.78, 5) is 22.3. The van der Waals surface area contributed by atoms with Crippen molar-refractivity contribution in [1.29, 1.82) is 0 Å². The molecule has 0 bridgehead atoms. The smallest absolute Gasteiger partial charge is 0.468 e. The highest BCUT2D eigenvalue weighted by Gasteiger charge is 2.68. The Morgan fingerprint density at radius 2 is 1.64 bits per heavy atom. The molecule has 146 valence electrons. The van der Waals surface area contributed by atoms with Crippen LogP contribution in [-0.2, 0) is 33.9 Å². The maximum absolute atomic E-state index is 13.1. The van der Waals surface area contributed by atoms with E-state index in [4.69, 9.17) is 0 Å². The summed E-state index contributed by atoms with van der Waals surface area (Å²) in [5, 5.41) is -5.06. The first-order chi connectivity index (χ1) is 11.0. The standard InChI is InChI=1S/C10H10F6O8S/c1-5(11)6(17)24-9(7(18)22-2,10(14,15)16)23-4-3-8(12,13)25(19,20)21/h1,3-4H2,2H3,(H,19,20,21)/p-1. The number of alkyl halides is 5. The van der Waals surface area contributed by atoms with E-state index in [9.17, 15) is 48.9 Å². The molecule has 0 rings (SSSR count). The number of rotatable bonds is 8. The molecule has 0 aliphatic carbocycles. The van der Waals surface area contributed by atoms with Gasteiger partial charge in [-0.3, -0.25) is 0 Å². The van der Waals surface area contributed by atoms with Crippen LogP contribution in [-0.4, -0.2) is 55.8 Å². The predicted molar refractivity (Wildman–Crippen MR) is 62.4 cm³/mol. The van der Waals surface area contributed by atoms with Gasteiger partial charge in [0.2, 0.25) is 5.83 Å². The first-order valence-electron chi connectivity index (χ1n) is 5.72. The summed E-state index contributed by atoms with van der Waals surface area (Å²) >= 11 is 0. The summed E-state index contributed by atoms with van der Waals surface area (Å²) in [5.41, 5.74) is 0. The topological polar surface area (TPSA) is 119 Å². The van der Waals surface area contributed by atoms with Crippen LogP contribution >= 0.6 is 0 Å². The molecular formula is C10H9F6O8S-. The second-order valence-corrected chi connectivity index (χ2v) is 5.60. The molecule has 0 heterocycles. The summed E-state index contributed by atoms with van der Waals surface area (Å²) in [7, 11) is -5.90. The number of hydrogen-bond donors (Lipinski definition) is 0. The van der Waals surface area contributed by atoms with E-state index in [1.54, 1.807) is 0 Å². The normalized spacial score (nSPS) is 15.2. The monoisotopic (exact) mass is 403 g/mol. The Morgan fingerprint density at radius 3 is 1.96 bits per heavy atom. The maximum Gasteiger partial charge on any atom is 0.468 e. The lowest BCUT2D eigenvalue weighted by Crippen LogP contribution is -2.58. The number of halogens is 6. The SMILES string of the molecule is C=C(F)C(=O)OC(OCCC(F)(F)S(=O)(=O)[O-])(C(=O)OC)C(F)(F)F. The molecule has 1 atom stereocenters. The highest BCUT2D eigenvalue weighted by atomic mass is 32.2. The number of hydrogen-bond acceptors (Lipinski definition) is 8. The van der Waals surface area contributed by atoms with Crippen molar-refractivity contribution < 1.29 is 63.1 Å². The summed E-state index contributed by atoms with van der Waals surface area (Å²) in [6.07, 6.45) is -8.10. The lowest BCUT2D eigenvalue weighted by molar-refractivity contribution is -0.355. The molecule has 0 aromatic heterocycles. The van der Waals surface area contributed by atoms with E-state index in [1.807, 2.05) is 0 Å².